The number of rotatable bonds is 5. The van der Waals surface area contributed by atoms with Crippen LogP contribution in [-0.4, -0.2) is 41.1 Å². The van der Waals surface area contributed by atoms with Crippen LogP contribution in [0.2, 0.25) is 0 Å². The lowest BCUT2D eigenvalue weighted by Crippen LogP contribution is -2.45. The largest absolute Gasteiger partial charge is 0.502 e. The van der Waals surface area contributed by atoms with Gasteiger partial charge in [0.15, 0.2) is 5.75 Å². The molecular formula is C15H22BrCl2N3O3. The first kappa shape index (κ1) is 23.1. The van der Waals surface area contributed by atoms with Crippen molar-refractivity contribution in [2.24, 2.45) is 0 Å². The predicted molar refractivity (Wildman–Crippen MR) is 104 cm³/mol. The van der Waals surface area contributed by atoms with Gasteiger partial charge in [0.1, 0.15) is 0 Å². The summed E-state index contributed by atoms with van der Waals surface area (Å²) >= 11 is 3.31. The highest BCUT2D eigenvalue weighted by molar-refractivity contribution is 9.10. The molecule has 0 aliphatic carbocycles. The average Bonchev–Trinajstić information content (AvgIpc) is 2.47. The van der Waals surface area contributed by atoms with Crippen molar-refractivity contribution in [1.82, 2.24) is 10.2 Å². The first-order valence-corrected chi connectivity index (χ1v) is 7.95. The molecule has 1 heterocycles. The summed E-state index contributed by atoms with van der Waals surface area (Å²) in [7, 11) is 0. The van der Waals surface area contributed by atoms with E-state index in [4.69, 9.17) is 0 Å². The molecule has 1 atom stereocenters. The van der Waals surface area contributed by atoms with Crippen LogP contribution in [0.25, 0.3) is 0 Å². The number of aromatic hydroxyl groups is 1. The number of nitro benzene ring substituents is 1. The Hall–Kier alpha value is -0.860. The van der Waals surface area contributed by atoms with Crippen molar-refractivity contribution in [2.75, 3.05) is 26.2 Å². The van der Waals surface area contributed by atoms with Crippen LogP contribution in [0, 0.1) is 10.1 Å². The highest BCUT2D eigenvalue weighted by Gasteiger charge is 2.28. The van der Waals surface area contributed by atoms with Gasteiger partial charge >= 0.3 is 5.69 Å². The van der Waals surface area contributed by atoms with Gasteiger partial charge in [-0.05, 0) is 19.4 Å². The highest BCUT2D eigenvalue weighted by Crippen LogP contribution is 2.40. The number of halogens is 3. The van der Waals surface area contributed by atoms with Crippen molar-refractivity contribution in [2.45, 2.75) is 19.4 Å². The molecule has 136 valence electrons. The second kappa shape index (κ2) is 10.2. The minimum absolute atomic E-state index is 0. The predicted octanol–water partition coefficient (Wildman–Crippen LogP) is 3.82. The van der Waals surface area contributed by atoms with Gasteiger partial charge in [-0.1, -0.05) is 21.5 Å². The molecule has 0 saturated carbocycles. The molecule has 9 heteroatoms. The molecule has 0 aromatic heterocycles. The van der Waals surface area contributed by atoms with Gasteiger partial charge in [0.25, 0.3) is 0 Å². The third kappa shape index (κ3) is 5.60. The van der Waals surface area contributed by atoms with Gasteiger partial charge in [0, 0.05) is 48.3 Å². The fourth-order valence-electron chi connectivity index (χ4n) is 2.76. The topological polar surface area (TPSA) is 78.6 Å². The summed E-state index contributed by atoms with van der Waals surface area (Å²) in [6, 6.07) is 2.97. The number of nitrogens with zero attached hydrogens (tertiary/aromatic N) is 2. The Morgan fingerprint density at radius 1 is 1.46 bits per heavy atom. The third-order valence-corrected chi connectivity index (χ3v) is 4.23. The van der Waals surface area contributed by atoms with Crippen molar-refractivity contribution in [3.05, 3.63) is 44.4 Å². The Morgan fingerprint density at radius 2 is 2.04 bits per heavy atom. The van der Waals surface area contributed by atoms with Gasteiger partial charge < -0.3 is 10.4 Å². The maximum absolute atomic E-state index is 11.1. The smallest absolute Gasteiger partial charge is 0.312 e. The zero-order chi connectivity index (χ0) is 16.3. The Kier molecular flexibility index (Phi) is 9.84. The summed E-state index contributed by atoms with van der Waals surface area (Å²) in [5.74, 6) is -0.252. The monoisotopic (exact) mass is 441 g/mol. The summed E-state index contributed by atoms with van der Waals surface area (Å²) in [4.78, 5) is 12.8. The van der Waals surface area contributed by atoms with Gasteiger partial charge in [-0.25, -0.2) is 0 Å². The average molecular weight is 443 g/mol. The van der Waals surface area contributed by atoms with Crippen molar-refractivity contribution >= 4 is 46.4 Å². The molecule has 0 amide bonds. The summed E-state index contributed by atoms with van der Waals surface area (Å²) in [6.45, 7) is 9.28. The summed E-state index contributed by atoms with van der Waals surface area (Å²) in [5.41, 5.74) is 1.28. The Labute approximate surface area is 162 Å². The van der Waals surface area contributed by atoms with Crippen molar-refractivity contribution < 1.29 is 10.0 Å². The number of piperazine rings is 1. The normalized spacial score (nSPS) is 15.8. The molecule has 0 radical (unpaired) electrons. The van der Waals surface area contributed by atoms with Gasteiger partial charge in [-0.3, -0.25) is 15.0 Å². The number of hydrogen-bond donors (Lipinski definition) is 2. The van der Waals surface area contributed by atoms with E-state index in [-0.39, 0.29) is 42.3 Å². The number of phenols is 1. The number of nitrogens with one attached hydrogen (secondary N) is 1. The molecule has 0 spiro atoms. The molecule has 2 N–H and O–H groups in total. The fraction of sp³-hybridized carbons (Fsp3) is 0.467. The van der Waals surface area contributed by atoms with Crippen LogP contribution in [-0.2, 0) is 0 Å². The van der Waals surface area contributed by atoms with E-state index in [9.17, 15) is 15.2 Å². The third-order valence-electron chi connectivity index (χ3n) is 3.77. The number of phenolic OH excluding ortho intramolecular Hbond substituents is 1. The first-order chi connectivity index (χ1) is 10.4. The van der Waals surface area contributed by atoms with E-state index in [2.05, 4.69) is 32.7 Å². The number of nitro groups is 1. The van der Waals surface area contributed by atoms with E-state index in [1.165, 1.54) is 6.07 Å². The summed E-state index contributed by atoms with van der Waals surface area (Å²) < 4.78 is 0.592. The molecule has 1 aromatic carbocycles. The quantitative estimate of drug-likeness (QED) is 0.411. The van der Waals surface area contributed by atoms with Crippen LogP contribution in [0.15, 0.2) is 28.8 Å². The molecule has 1 saturated heterocycles. The van der Waals surface area contributed by atoms with Gasteiger partial charge in [0.05, 0.1) is 4.92 Å². The molecule has 24 heavy (non-hydrogen) atoms. The summed E-state index contributed by atoms with van der Waals surface area (Å²) in [5, 5.41) is 24.8. The molecular weight excluding hydrogens is 421 g/mol. The molecule has 1 aliphatic heterocycles. The van der Waals surface area contributed by atoms with Crippen molar-refractivity contribution in [1.29, 1.82) is 0 Å². The van der Waals surface area contributed by atoms with Crippen LogP contribution in [0.3, 0.4) is 0 Å². The lowest BCUT2D eigenvalue weighted by molar-refractivity contribution is -0.386. The minimum atomic E-state index is -0.556. The molecule has 1 aromatic rings. The molecule has 2 rings (SSSR count). The van der Waals surface area contributed by atoms with Crippen LogP contribution in [0.1, 0.15) is 24.9 Å². The van der Waals surface area contributed by atoms with Gasteiger partial charge in [-0.2, -0.15) is 0 Å². The number of hydrogen-bond acceptors (Lipinski definition) is 5. The van der Waals surface area contributed by atoms with E-state index >= 15 is 0 Å². The van der Waals surface area contributed by atoms with E-state index < -0.39 is 4.92 Å². The van der Waals surface area contributed by atoms with Crippen LogP contribution >= 0.6 is 40.7 Å². The first-order valence-electron chi connectivity index (χ1n) is 7.16. The van der Waals surface area contributed by atoms with E-state index in [0.29, 0.717) is 16.5 Å². The van der Waals surface area contributed by atoms with Gasteiger partial charge in [-0.15, -0.1) is 31.4 Å². The fourth-order valence-corrected chi connectivity index (χ4v) is 3.22. The zero-order valence-corrected chi connectivity index (χ0v) is 16.5. The van der Waals surface area contributed by atoms with Crippen LogP contribution in [0.5, 0.6) is 5.75 Å². The lowest BCUT2D eigenvalue weighted by atomic mass is 9.96. The Morgan fingerprint density at radius 3 is 2.54 bits per heavy atom. The molecule has 1 fully saturated rings. The minimum Gasteiger partial charge on any atom is -0.502 e. The molecule has 0 unspecified atom stereocenters. The Balaban J connectivity index is 0.00000264. The zero-order valence-electron chi connectivity index (χ0n) is 13.3. The second-order valence-corrected chi connectivity index (χ2v) is 6.50. The highest BCUT2D eigenvalue weighted by atomic mass is 79.9. The van der Waals surface area contributed by atoms with E-state index in [1.54, 1.807) is 6.07 Å². The lowest BCUT2D eigenvalue weighted by Gasteiger charge is -2.35. The molecule has 6 nitrogen and oxygen atoms in total. The number of benzene rings is 1. The maximum atomic E-state index is 11.1. The molecule has 1 aliphatic rings. The maximum Gasteiger partial charge on any atom is 0.312 e. The molecule has 0 bridgehead atoms. The second-order valence-electron chi connectivity index (χ2n) is 5.58. The van der Waals surface area contributed by atoms with E-state index in [0.717, 1.165) is 31.8 Å². The van der Waals surface area contributed by atoms with Crippen LogP contribution < -0.4 is 5.32 Å². The SMILES string of the molecule is C=C(C)C[C@H](c1cc(Br)cc([N+](=O)[O-])c1O)N1CCNCC1.Cl.Cl. The Bertz CT molecular complexity index is 596. The van der Waals surface area contributed by atoms with Crippen molar-refractivity contribution in [3.8, 4) is 5.75 Å². The standard InChI is InChI=1S/C15H20BrN3O3.2ClH/c1-10(2)7-13(18-5-3-17-4-6-18)12-8-11(16)9-14(15(12)20)19(21)22;;/h8-9,13,17,20H,1,3-7H2,2H3;2*1H/t13-;;/m1../s1. The summed E-state index contributed by atoms with van der Waals surface area (Å²) in [6.07, 6.45) is 0.654. The van der Waals surface area contributed by atoms with Crippen LogP contribution in [0.4, 0.5) is 5.69 Å². The van der Waals surface area contributed by atoms with Crippen molar-refractivity contribution in [3.63, 3.8) is 0 Å². The van der Waals surface area contributed by atoms with Gasteiger partial charge in [0.2, 0.25) is 0 Å². The van der Waals surface area contributed by atoms with E-state index in [1.807, 2.05) is 6.92 Å².